The van der Waals surface area contributed by atoms with Gasteiger partial charge in [0.1, 0.15) is 11.6 Å². The van der Waals surface area contributed by atoms with Gasteiger partial charge in [-0.1, -0.05) is 74.9 Å². The van der Waals surface area contributed by atoms with E-state index in [0.717, 1.165) is 86.8 Å². The average Bonchev–Trinajstić information content (AvgIpc) is 3.19. The van der Waals surface area contributed by atoms with Gasteiger partial charge in [-0.25, -0.2) is 5.01 Å². The number of allylic oxidation sites excluding steroid dienone is 4. The normalized spacial score (nSPS) is 18.6. The molecule has 2 aromatic rings. The third kappa shape index (κ3) is 15.9. The fraction of sp³-hybridized carbons (Fsp3) is 0.500. The van der Waals surface area contributed by atoms with Crippen molar-refractivity contribution in [1.82, 2.24) is 25.5 Å². The number of likely N-dealkylation sites (tertiary alicyclic amines) is 1. The van der Waals surface area contributed by atoms with E-state index in [1.807, 2.05) is 39.1 Å². The number of carbonyl (C=O) groups is 1. The van der Waals surface area contributed by atoms with Crippen molar-refractivity contribution < 1.29 is 22.7 Å². The topological polar surface area (TPSA) is 85.3 Å². The number of amides is 1. The van der Waals surface area contributed by atoms with Gasteiger partial charge in [0.05, 0.1) is 12.2 Å². The molecular weight excluding hydrogens is 740 g/mol. The number of nitrogens with zero attached hydrogens (tertiary/aromatic N) is 5. The van der Waals surface area contributed by atoms with Crippen molar-refractivity contribution in [3.8, 4) is 11.1 Å². The van der Waals surface area contributed by atoms with Crippen molar-refractivity contribution in [3.63, 3.8) is 0 Å². The standard InChI is InChI=1S/C46H64F3N7O2/c1-7-13-43(58-46(47,48)49)19-9-14-35(3)31-36(4)37(5)45(57)53-41-22-28-55(29-23-41)34-38-15-11-25-51-44(21-20-38)52-26-30-56(27-8-2)54(6)42-18-10-16-39(32-42)40-17-12-24-50-33-40/h9-18,20-21,24,32-33,35,38,41H,7-8,19,22-23,25-31,34H2,1-6H3,(H,51,52)(H,53,57)/b14-9-,15-11?,21-20-,37-36+,43-13+. The van der Waals surface area contributed by atoms with E-state index in [-0.39, 0.29) is 36.0 Å². The number of hydrazine groups is 1. The van der Waals surface area contributed by atoms with E-state index in [9.17, 15) is 18.0 Å². The van der Waals surface area contributed by atoms with Crippen LogP contribution in [0.25, 0.3) is 11.1 Å². The molecule has 3 heterocycles. The van der Waals surface area contributed by atoms with Crippen molar-refractivity contribution in [2.45, 2.75) is 85.5 Å². The number of pyridine rings is 1. The first kappa shape index (κ1) is 46.0. The molecule has 2 atom stereocenters. The lowest BCUT2D eigenvalue weighted by atomic mass is 9.97. The number of rotatable bonds is 19. The van der Waals surface area contributed by atoms with E-state index < -0.39 is 6.36 Å². The molecule has 0 aliphatic carbocycles. The van der Waals surface area contributed by atoms with Crippen LogP contribution in [0.2, 0.25) is 0 Å². The van der Waals surface area contributed by atoms with Crippen LogP contribution in [0, 0.1) is 11.8 Å². The SMILES string of the molecule is CC/C=C(\C/C=C\C(C)C/C(C)=C(\C)C(=O)NC1CCN(CC2C=CCN=C(NCCN(CCC)N(C)c3cccc(-c4cccnc4)c3)/C=C\2)CC1)OC(F)(F)F. The Hall–Kier alpha value is -4.68. The molecule has 2 aliphatic heterocycles. The molecule has 0 saturated carbocycles. The molecule has 0 spiro atoms. The summed E-state index contributed by atoms with van der Waals surface area (Å²) >= 11 is 0. The number of benzene rings is 1. The van der Waals surface area contributed by atoms with Crippen molar-refractivity contribution >= 4 is 17.4 Å². The van der Waals surface area contributed by atoms with Crippen molar-refractivity contribution in [2.24, 2.45) is 16.8 Å². The van der Waals surface area contributed by atoms with Crippen LogP contribution in [0.4, 0.5) is 18.9 Å². The van der Waals surface area contributed by atoms with Crippen LogP contribution in [0.3, 0.4) is 0 Å². The van der Waals surface area contributed by atoms with Crippen LogP contribution in [-0.4, -0.2) is 91.9 Å². The second kappa shape index (κ2) is 23.7. The van der Waals surface area contributed by atoms with Gasteiger partial charge >= 0.3 is 6.36 Å². The number of ether oxygens (including phenoxy) is 1. The first-order valence-electron chi connectivity index (χ1n) is 20.8. The Balaban J connectivity index is 1.20. The molecule has 1 aromatic carbocycles. The molecule has 1 amide bonds. The third-order valence-corrected chi connectivity index (χ3v) is 10.5. The zero-order chi connectivity index (χ0) is 41.9. The lowest BCUT2D eigenvalue weighted by molar-refractivity contribution is -0.306. The Bertz CT molecular complexity index is 1760. The fourth-order valence-electron chi connectivity index (χ4n) is 7.23. The summed E-state index contributed by atoms with van der Waals surface area (Å²) in [5, 5.41) is 11.4. The summed E-state index contributed by atoms with van der Waals surface area (Å²) in [6, 6.07) is 12.7. The fourth-order valence-corrected chi connectivity index (χ4v) is 7.23. The number of aromatic nitrogens is 1. The lowest BCUT2D eigenvalue weighted by Gasteiger charge is -2.34. The largest absolute Gasteiger partial charge is 0.572 e. The number of hydrogen-bond donors (Lipinski definition) is 2. The highest BCUT2D eigenvalue weighted by Crippen LogP contribution is 2.26. The molecule has 0 radical (unpaired) electrons. The maximum absolute atomic E-state index is 13.2. The first-order chi connectivity index (χ1) is 27.8. The van der Waals surface area contributed by atoms with Gasteiger partial charge in [0.15, 0.2) is 0 Å². The maximum atomic E-state index is 13.2. The van der Waals surface area contributed by atoms with Crippen LogP contribution in [0.1, 0.15) is 73.1 Å². The third-order valence-electron chi connectivity index (χ3n) is 10.5. The first-order valence-corrected chi connectivity index (χ1v) is 20.8. The average molecular weight is 804 g/mol. The molecule has 1 aromatic heterocycles. The molecule has 2 N–H and O–H groups in total. The van der Waals surface area contributed by atoms with E-state index in [1.165, 1.54) is 6.08 Å². The Labute approximate surface area is 344 Å². The van der Waals surface area contributed by atoms with Gasteiger partial charge in [0.25, 0.3) is 0 Å². The quantitative estimate of drug-likeness (QED) is 0.0634. The second-order valence-electron chi connectivity index (χ2n) is 15.3. The van der Waals surface area contributed by atoms with Crippen LogP contribution in [0.15, 0.2) is 113 Å². The Morgan fingerprint density at radius 2 is 1.86 bits per heavy atom. The monoisotopic (exact) mass is 804 g/mol. The van der Waals surface area contributed by atoms with Crippen LogP contribution in [-0.2, 0) is 9.53 Å². The van der Waals surface area contributed by atoms with E-state index in [4.69, 9.17) is 4.99 Å². The zero-order valence-corrected chi connectivity index (χ0v) is 35.3. The highest BCUT2D eigenvalue weighted by Gasteiger charge is 2.31. The van der Waals surface area contributed by atoms with Gasteiger partial charge in [-0.05, 0) is 87.8 Å². The number of aliphatic imine (C=N–C) groups is 1. The molecule has 2 unspecified atom stereocenters. The summed E-state index contributed by atoms with van der Waals surface area (Å²) in [7, 11) is 2.12. The highest BCUT2D eigenvalue weighted by molar-refractivity contribution is 5.94. The number of anilines is 1. The van der Waals surface area contributed by atoms with E-state index >= 15 is 0 Å². The maximum Gasteiger partial charge on any atom is 0.572 e. The number of alkyl halides is 3. The minimum Gasteiger partial charge on any atom is -0.410 e. The predicted molar refractivity (Wildman–Crippen MR) is 231 cm³/mol. The summed E-state index contributed by atoms with van der Waals surface area (Å²) in [4.78, 5) is 24.7. The van der Waals surface area contributed by atoms with Crippen molar-refractivity contribution in [3.05, 3.63) is 108 Å². The van der Waals surface area contributed by atoms with Crippen LogP contribution < -0.4 is 15.6 Å². The van der Waals surface area contributed by atoms with E-state index in [1.54, 1.807) is 19.2 Å². The molecule has 316 valence electrons. The molecule has 4 rings (SSSR count). The van der Waals surface area contributed by atoms with Gasteiger partial charge < -0.3 is 25.3 Å². The van der Waals surface area contributed by atoms with Gasteiger partial charge in [-0.2, -0.15) is 0 Å². The second-order valence-corrected chi connectivity index (χ2v) is 15.3. The summed E-state index contributed by atoms with van der Waals surface area (Å²) in [5.74, 6) is 1.07. The van der Waals surface area contributed by atoms with Gasteiger partial charge in [0.2, 0.25) is 5.91 Å². The number of amidine groups is 1. The highest BCUT2D eigenvalue weighted by atomic mass is 19.4. The molecule has 1 saturated heterocycles. The molecule has 1 fully saturated rings. The minimum absolute atomic E-state index is 0.0523. The Morgan fingerprint density at radius 1 is 1.09 bits per heavy atom. The molecule has 9 nitrogen and oxygen atoms in total. The molecule has 0 bridgehead atoms. The summed E-state index contributed by atoms with van der Waals surface area (Å²) < 4.78 is 42.1. The summed E-state index contributed by atoms with van der Waals surface area (Å²) in [6.07, 6.45) is 16.7. The van der Waals surface area contributed by atoms with Crippen molar-refractivity contribution in [2.75, 3.05) is 57.9 Å². The number of carbonyl (C=O) groups excluding carboxylic acids is 1. The molecule has 2 aliphatic rings. The lowest BCUT2D eigenvalue weighted by Crippen LogP contribution is -2.46. The number of nitrogens with one attached hydrogen (secondary N) is 2. The summed E-state index contributed by atoms with van der Waals surface area (Å²) in [5.41, 5.74) is 5.04. The van der Waals surface area contributed by atoms with Gasteiger partial charge in [-0.3, -0.25) is 14.8 Å². The minimum atomic E-state index is -4.70. The number of halogens is 3. The van der Waals surface area contributed by atoms with E-state index in [2.05, 4.69) is 104 Å². The van der Waals surface area contributed by atoms with E-state index in [0.29, 0.717) is 25.0 Å². The Morgan fingerprint density at radius 3 is 2.57 bits per heavy atom. The predicted octanol–water partition coefficient (Wildman–Crippen LogP) is 9.26. The van der Waals surface area contributed by atoms with Crippen molar-refractivity contribution in [1.29, 1.82) is 0 Å². The summed E-state index contributed by atoms with van der Waals surface area (Å²) in [6.45, 7) is 15.6. The Kier molecular flexibility index (Phi) is 18.8. The van der Waals surface area contributed by atoms with Crippen LogP contribution >= 0.6 is 0 Å². The van der Waals surface area contributed by atoms with Gasteiger partial charge in [-0.15, -0.1) is 13.2 Å². The number of hydrogen-bond acceptors (Lipinski definition) is 8. The molecule has 12 heteroatoms. The zero-order valence-electron chi connectivity index (χ0n) is 35.3. The molecule has 58 heavy (non-hydrogen) atoms. The molecular formula is C46H64F3N7O2. The van der Waals surface area contributed by atoms with Gasteiger partial charge in [0, 0.05) is 88.2 Å². The van der Waals surface area contributed by atoms with Crippen LogP contribution in [0.5, 0.6) is 0 Å². The number of piperidine rings is 1. The smallest absolute Gasteiger partial charge is 0.410 e.